The van der Waals surface area contributed by atoms with Gasteiger partial charge in [-0.15, -0.1) is 0 Å². The standard InChI is InChI=1S/C18H27FN2O/c1-14-12-15(19)6-7-17(14)18(22)13-20-8-10-21(11-9-20)16-4-2-3-5-16/h6-7,12,16,18,22H,2-5,8-11,13H2,1H3. The van der Waals surface area contributed by atoms with Crippen LogP contribution in [0.5, 0.6) is 0 Å². The number of aliphatic hydroxyl groups is 1. The minimum absolute atomic E-state index is 0.237. The largest absolute Gasteiger partial charge is 0.387 e. The number of piperazine rings is 1. The van der Waals surface area contributed by atoms with Crippen LogP contribution >= 0.6 is 0 Å². The summed E-state index contributed by atoms with van der Waals surface area (Å²) in [4.78, 5) is 4.96. The van der Waals surface area contributed by atoms with Gasteiger partial charge in [-0.1, -0.05) is 18.9 Å². The number of benzene rings is 1. The number of aryl methyl sites for hydroxylation is 1. The fraction of sp³-hybridized carbons (Fsp3) is 0.667. The fourth-order valence-electron chi connectivity index (χ4n) is 3.94. The van der Waals surface area contributed by atoms with Gasteiger partial charge in [0.25, 0.3) is 0 Å². The van der Waals surface area contributed by atoms with Crippen molar-refractivity contribution in [2.75, 3.05) is 32.7 Å². The molecule has 0 radical (unpaired) electrons. The lowest BCUT2D eigenvalue weighted by Crippen LogP contribution is -2.50. The summed E-state index contributed by atoms with van der Waals surface area (Å²) in [5.41, 5.74) is 1.68. The molecule has 1 saturated carbocycles. The van der Waals surface area contributed by atoms with E-state index in [1.54, 1.807) is 6.07 Å². The first-order valence-corrected chi connectivity index (χ1v) is 8.54. The molecule has 0 aromatic heterocycles. The molecule has 2 aliphatic rings. The molecule has 1 saturated heterocycles. The highest BCUT2D eigenvalue weighted by atomic mass is 19.1. The zero-order chi connectivity index (χ0) is 15.5. The second kappa shape index (κ2) is 7.07. The van der Waals surface area contributed by atoms with Crippen molar-refractivity contribution in [2.24, 2.45) is 0 Å². The zero-order valence-electron chi connectivity index (χ0n) is 13.5. The van der Waals surface area contributed by atoms with Crippen LogP contribution in [0.15, 0.2) is 18.2 Å². The average molecular weight is 306 g/mol. The minimum atomic E-state index is -0.529. The lowest BCUT2D eigenvalue weighted by molar-refractivity contribution is 0.0568. The van der Waals surface area contributed by atoms with E-state index in [0.717, 1.165) is 43.3 Å². The Morgan fingerprint density at radius 3 is 2.50 bits per heavy atom. The zero-order valence-corrected chi connectivity index (χ0v) is 13.5. The molecule has 1 aromatic carbocycles. The van der Waals surface area contributed by atoms with E-state index >= 15 is 0 Å². The van der Waals surface area contributed by atoms with Crippen LogP contribution in [-0.4, -0.2) is 53.7 Å². The number of hydrogen-bond donors (Lipinski definition) is 1. The Hall–Kier alpha value is -0.970. The summed E-state index contributed by atoms with van der Waals surface area (Å²) in [5, 5.41) is 10.4. The Kier molecular flexibility index (Phi) is 5.11. The van der Waals surface area contributed by atoms with Gasteiger partial charge in [-0.3, -0.25) is 9.80 Å². The van der Waals surface area contributed by atoms with E-state index in [4.69, 9.17) is 0 Å². The van der Waals surface area contributed by atoms with E-state index in [2.05, 4.69) is 9.80 Å². The first-order chi connectivity index (χ1) is 10.6. The molecule has 1 aliphatic carbocycles. The molecular formula is C18H27FN2O. The van der Waals surface area contributed by atoms with E-state index in [1.807, 2.05) is 6.92 Å². The van der Waals surface area contributed by atoms with Crippen LogP contribution in [0, 0.1) is 12.7 Å². The van der Waals surface area contributed by atoms with Crippen LogP contribution in [0.25, 0.3) is 0 Å². The SMILES string of the molecule is Cc1cc(F)ccc1C(O)CN1CCN(C2CCCC2)CC1. The third-order valence-electron chi connectivity index (χ3n) is 5.27. The van der Waals surface area contributed by atoms with Crippen LogP contribution in [0.1, 0.15) is 42.9 Å². The quantitative estimate of drug-likeness (QED) is 0.926. The maximum absolute atomic E-state index is 13.2. The topological polar surface area (TPSA) is 26.7 Å². The number of β-amino-alcohol motifs (C(OH)–C–C–N with tert-alkyl or cyclic N) is 1. The van der Waals surface area contributed by atoms with E-state index < -0.39 is 6.10 Å². The summed E-state index contributed by atoms with van der Waals surface area (Å²) in [5.74, 6) is -0.237. The predicted molar refractivity (Wildman–Crippen MR) is 86.4 cm³/mol. The summed E-state index contributed by atoms with van der Waals surface area (Å²) in [6.45, 7) is 6.77. The number of hydrogen-bond acceptors (Lipinski definition) is 3. The number of rotatable bonds is 4. The molecule has 1 heterocycles. The van der Waals surface area contributed by atoms with Gasteiger partial charge >= 0.3 is 0 Å². The maximum atomic E-state index is 13.2. The van der Waals surface area contributed by atoms with Gasteiger partial charge in [0, 0.05) is 38.8 Å². The normalized spacial score (nSPS) is 23.0. The summed E-state index contributed by atoms with van der Waals surface area (Å²) < 4.78 is 13.2. The van der Waals surface area contributed by atoms with E-state index in [1.165, 1.54) is 37.8 Å². The molecule has 1 atom stereocenters. The summed E-state index contributed by atoms with van der Waals surface area (Å²) in [6.07, 6.45) is 4.95. The Labute approximate surface area is 132 Å². The molecule has 0 amide bonds. The monoisotopic (exact) mass is 306 g/mol. The summed E-state index contributed by atoms with van der Waals surface area (Å²) >= 11 is 0. The molecule has 1 aromatic rings. The lowest BCUT2D eigenvalue weighted by Gasteiger charge is -2.38. The van der Waals surface area contributed by atoms with Gasteiger partial charge < -0.3 is 5.11 Å². The predicted octanol–water partition coefficient (Wildman–Crippen LogP) is 2.73. The Bertz CT molecular complexity index is 494. The molecular weight excluding hydrogens is 279 g/mol. The highest BCUT2D eigenvalue weighted by Crippen LogP contribution is 2.25. The van der Waals surface area contributed by atoms with Crippen molar-refractivity contribution in [1.82, 2.24) is 9.80 Å². The van der Waals surface area contributed by atoms with E-state index in [0.29, 0.717) is 6.54 Å². The minimum Gasteiger partial charge on any atom is -0.387 e. The molecule has 0 bridgehead atoms. The van der Waals surface area contributed by atoms with Crippen molar-refractivity contribution in [3.8, 4) is 0 Å². The van der Waals surface area contributed by atoms with Crippen LogP contribution < -0.4 is 0 Å². The molecule has 122 valence electrons. The smallest absolute Gasteiger partial charge is 0.123 e. The third kappa shape index (κ3) is 3.67. The second-order valence-electron chi connectivity index (χ2n) is 6.79. The van der Waals surface area contributed by atoms with Gasteiger partial charge in [0.15, 0.2) is 0 Å². The van der Waals surface area contributed by atoms with Crippen LogP contribution in [0.4, 0.5) is 4.39 Å². The number of halogens is 1. The fourth-order valence-corrected chi connectivity index (χ4v) is 3.94. The van der Waals surface area contributed by atoms with Crippen molar-refractivity contribution in [2.45, 2.75) is 44.8 Å². The van der Waals surface area contributed by atoms with Gasteiger partial charge in [-0.25, -0.2) is 4.39 Å². The van der Waals surface area contributed by atoms with E-state index in [-0.39, 0.29) is 5.82 Å². The van der Waals surface area contributed by atoms with Gasteiger partial charge in [-0.05, 0) is 43.0 Å². The average Bonchev–Trinajstić information content (AvgIpc) is 3.02. The molecule has 22 heavy (non-hydrogen) atoms. The Morgan fingerprint density at radius 2 is 1.86 bits per heavy atom. The molecule has 0 spiro atoms. The third-order valence-corrected chi connectivity index (χ3v) is 5.27. The van der Waals surface area contributed by atoms with Crippen molar-refractivity contribution >= 4 is 0 Å². The number of aliphatic hydroxyl groups excluding tert-OH is 1. The van der Waals surface area contributed by atoms with Gasteiger partial charge in [0.1, 0.15) is 5.82 Å². The van der Waals surface area contributed by atoms with Gasteiger partial charge in [0.05, 0.1) is 6.10 Å². The van der Waals surface area contributed by atoms with Crippen LogP contribution in [-0.2, 0) is 0 Å². The highest BCUT2D eigenvalue weighted by molar-refractivity contribution is 5.28. The molecule has 1 unspecified atom stereocenters. The van der Waals surface area contributed by atoms with Crippen molar-refractivity contribution in [3.63, 3.8) is 0 Å². The molecule has 3 rings (SSSR count). The van der Waals surface area contributed by atoms with Crippen LogP contribution in [0.3, 0.4) is 0 Å². The highest BCUT2D eigenvalue weighted by Gasteiger charge is 2.27. The molecule has 4 heteroatoms. The summed E-state index contributed by atoms with van der Waals surface area (Å²) in [7, 11) is 0. The van der Waals surface area contributed by atoms with Crippen molar-refractivity contribution in [3.05, 3.63) is 35.1 Å². The van der Waals surface area contributed by atoms with Crippen LogP contribution in [0.2, 0.25) is 0 Å². The first kappa shape index (κ1) is 15.9. The molecule has 3 nitrogen and oxygen atoms in total. The lowest BCUT2D eigenvalue weighted by atomic mass is 10.0. The maximum Gasteiger partial charge on any atom is 0.123 e. The molecule has 1 aliphatic heterocycles. The Morgan fingerprint density at radius 1 is 1.18 bits per heavy atom. The van der Waals surface area contributed by atoms with Crippen molar-refractivity contribution in [1.29, 1.82) is 0 Å². The van der Waals surface area contributed by atoms with Gasteiger partial charge in [-0.2, -0.15) is 0 Å². The second-order valence-corrected chi connectivity index (χ2v) is 6.79. The molecule has 1 N–H and O–H groups in total. The van der Waals surface area contributed by atoms with E-state index in [9.17, 15) is 9.50 Å². The Balaban J connectivity index is 1.51. The van der Waals surface area contributed by atoms with Crippen molar-refractivity contribution < 1.29 is 9.50 Å². The first-order valence-electron chi connectivity index (χ1n) is 8.54. The molecule has 2 fully saturated rings. The number of nitrogens with zero attached hydrogens (tertiary/aromatic N) is 2. The van der Waals surface area contributed by atoms with Gasteiger partial charge in [0.2, 0.25) is 0 Å². The summed E-state index contributed by atoms with van der Waals surface area (Å²) in [6, 6.07) is 5.44.